The second-order valence-electron chi connectivity index (χ2n) is 9.92. The van der Waals surface area contributed by atoms with Crippen LogP contribution in [-0.2, 0) is 12.8 Å². The highest BCUT2D eigenvalue weighted by Gasteiger charge is 2.38. The first kappa shape index (κ1) is 19.4. The molecule has 0 spiro atoms. The Bertz CT molecular complexity index is 665. The van der Waals surface area contributed by atoms with Gasteiger partial charge in [-0.2, -0.15) is 0 Å². The van der Waals surface area contributed by atoms with Gasteiger partial charge < -0.3 is 0 Å². The normalized spacial score (nSPS) is 33.4. The van der Waals surface area contributed by atoms with Crippen molar-refractivity contribution < 1.29 is 8.78 Å². The maximum absolute atomic E-state index is 15.3. The Morgan fingerprint density at radius 1 is 1.00 bits per heavy atom. The molecule has 5 unspecified atom stereocenters. The van der Waals surface area contributed by atoms with Gasteiger partial charge in [-0.3, -0.25) is 0 Å². The van der Waals surface area contributed by atoms with Crippen molar-refractivity contribution in [3.63, 3.8) is 0 Å². The van der Waals surface area contributed by atoms with Crippen LogP contribution in [0.25, 0.3) is 0 Å². The molecule has 0 heterocycles. The first-order valence-corrected chi connectivity index (χ1v) is 11.6. The molecule has 0 radical (unpaired) electrons. The molecule has 2 fully saturated rings. The van der Waals surface area contributed by atoms with Crippen LogP contribution in [0.1, 0.15) is 101 Å². The van der Waals surface area contributed by atoms with E-state index in [1.807, 2.05) is 0 Å². The van der Waals surface area contributed by atoms with Crippen LogP contribution in [0.5, 0.6) is 0 Å². The SMILES string of the molecule is CCCCC1CCC2CC(c3c(F)cc4c(c3F)CCC(C)C4)CCC2C1. The van der Waals surface area contributed by atoms with Crippen molar-refractivity contribution in [2.75, 3.05) is 0 Å². The lowest BCUT2D eigenvalue weighted by molar-refractivity contribution is 0.112. The van der Waals surface area contributed by atoms with Crippen LogP contribution in [-0.4, -0.2) is 0 Å². The molecule has 150 valence electrons. The number of halogens is 2. The molecule has 3 aliphatic carbocycles. The van der Waals surface area contributed by atoms with Gasteiger partial charge in [-0.05, 0) is 98.1 Å². The molecule has 0 N–H and O–H groups in total. The number of fused-ring (bicyclic) bond motifs is 2. The Hall–Kier alpha value is -0.920. The summed E-state index contributed by atoms with van der Waals surface area (Å²) in [5.41, 5.74) is 2.20. The Kier molecular flexibility index (Phi) is 5.90. The van der Waals surface area contributed by atoms with Crippen molar-refractivity contribution in [3.8, 4) is 0 Å². The van der Waals surface area contributed by atoms with Crippen molar-refractivity contribution >= 4 is 0 Å². The lowest BCUT2D eigenvalue weighted by Crippen LogP contribution is -2.31. The fourth-order valence-corrected chi connectivity index (χ4v) is 6.42. The van der Waals surface area contributed by atoms with E-state index in [1.54, 1.807) is 6.07 Å². The molecule has 0 aliphatic heterocycles. The van der Waals surface area contributed by atoms with Gasteiger partial charge >= 0.3 is 0 Å². The van der Waals surface area contributed by atoms with Crippen LogP contribution in [0.15, 0.2) is 6.07 Å². The molecular weight excluding hydrogens is 338 g/mol. The molecule has 0 aromatic heterocycles. The van der Waals surface area contributed by atoms with Gasteiger partial charge in [0.05, 0.1) is 0 Å². The fourth-order valence-electron chi connectivity index (χ4n) is 6.42. The van der Waals surface area contributed by atoms with Crippen LogP contribution in [0, 0.1) is 35.3 Å². The molecule has 3 aliphatic rings. The van der Waals surface area contributed by atoms with Crippen LogP contribution >= 0.6 is 0 Å². The summed E-state index contributed by atoms with van der Waals surface area (Å²) in [4.78, 5) is 0. The van der Waals surface area contributed by atoms with E-state index in [4.69, 9.17) is 0 Å². The Morgan fingerprint density at radius 2 is 1.78 bits per heavy atom. The molecule has 27 heavy (non-hydrogen) atoms. The summed E-state index contributed by atoms with van der Waals surface area (Å²) in [6, 6.07) is 1.68. The molecule has 0 saturated heterocycles. The third-order valence-corrected chi connectivity index (χ3v) is 8.00. The monoisotopic (exact) mass is 374 g/mol. The quantitative estimate of drug-likeness (QED) is 0.509. The van der Waals surface area contributed by atoms with Gasteiger partial charge in [-0.15, -0.1) is 0 Å². The molecule has 1 aromatic carbocycles. The molecule has 0 amide bonds. The molecular formula is C25H36F2. The average Bonchev–Trinajstić information content (AvgIpc) is 2.66. The number of rotatable bonds is 4. The van der Waals surface area contributed by atoms with Crippen LogP contribution in [0.4, 0.5) is 8.78 Å². The summed E-state index contributed by atoms with van der Waals surface area (Å²) >= 11 is 0. The van der Waals surface area contributed by atoms with Gasteiger partial charge in [0.25, 0.3) is 0 Å². The van der Waals surface area contributed by atoms with Crippen molar-refractivity contribution in [2.45, 2.75) is 96.8 Å². The van der Waals surface area contributed by atoms with E-state index in [1.165, 1.54) is 44.9 Å². The highest BCUT2D eigenvalue weighted by molar-refractivity contribution is 5.39. The molecule has 0 nitrogen and oxygen atoms in total. The maximum atomic E-state index is 15.3. The summed E-state index contributed by atoms with van der Waals surface area (Å²) in [7, 11) is 0. The van der Waals surface area contributed by atoms with E-state index in [0.717, 1.165) is 55.1 Å². The summed E-state index contributed by atoms with van der Waals surface area (Å²) in [6.07, 6.45) is 13.8. The first-order valence-electron chi connectivity index (χ1n) is 11.6. The largest absolute Gasteiger partial charge is 0.207 e. The molecule has 0 bridgehead atoms. The summed E-state index contributed by atoms with van der Waals surface area (Å²) < 4.78 is 30.2. The van der Waals surface area contributed by atoms with Gasteiger partial charge in [0.2, 0.25) is 0 Å². The van der Waals surface area contributed by atoms with Crippen molar-refractivity contribution in [1.82, 2.24) is 0 Å². The number of hydrogen-bond donors (Lipinski definition) is 0. The first-order chi connectivity index (χ1) is 13.1. The van der Waals surface area contributed by atoms with Crippen LogP contribution in [0.3, 0.4) is 0 Å². The highest BCUT2D eigenvalue weighted by Crippen LogP contribution is 2.49. The van der Waals surface area contributed by atoms with E-state index >= 15 is 4.39 Å². The second kappa shape index (κ2) is 8.21. The lowest BCUT2D eigenvalue weighted by atomic mass is 9.63. The smallest absolute Gasteiger partial charge is 0.133 e. The second-order valence-corrected chi connectivity index (χ2v) is 9.92. The zero-order valence-electron chi connectivity index (χ0n) is 17.2. The van der Waals surface area contributed by atoms with Crippen LogP contribution < -0.4 is 0 Å². The molecule has 1 aromatic rings. The van der Waals surface area contributed by atoms with Crippen molar-refractivity contribution in [1.29, 1.82) is 0 Å². The van der Waals surface area contributed by atoms with Crippen molar-refractivity contribution in [2.24, 2.45) is 23.7 Å². The zero-order valence-corrected chi connectivity index (χ0v) is 17.2. The maximum Gasteiger partial charge on any atom is 0.133 e. The highest BCUT2D eigenvalue weighted by atomic mass is 19.1. The summed E-state index contributed by atoms with van der Waals surface area (Å²) in [5, 5.41) is 0. The van der Waals surface area contributed by atoms with Gasteiger partial charge in [-0.1, -0.05) is 39.5 Å². The lowest BCUT2D eigenvalue weighted by Gasteiger charge is -2.42. The standard InChI is InChI=1S/C25H36F2/c1-3-4-5-17-7-8-19-14-20(10-9-18(19)13-17)24-23(26)15-21-12-16(2)6-11-22(21)25(24)27/h15-20H,3-14H2,1-2H3. The minimum absolute atomic E-state index is 0.100. The number of hydrogen-bond acceptors (Lipinski definition) is 0. The number of benzene rings is 1. The van der Waals surface area contributed by atoms with E-state index < -0.39 is 0 Å². The molecule has 2 heteroatoms. The Morgan fingerprint density at radius 3 is 2.59 bits per heavy atom. The molecule has 5 atom stereocenters. The summed E-state index contributed by atoms with van der Waals surface area (Å²) in [6.45, 7) is 4.46. The predicted octanol–water partition coefficient (Wildman–Crippen LogP) is 7.58. The van der Waals surface area contributed by atoms with Gasteiger partial charge in [0.1, 0.15) is 11.6 Å². The zero-order chi connectivity index (χ0) is 19.0. The Labute approximate surface area is 164 Å². The minimum Gasteiger partial charge on any atom is -0.207 e. The predicted molar refractivity (Wildman–Crippen MR) is 108 cm³/mol. The van der Waals surface area contributed by atoms with E-state index in [0.29, 0.717) is 17.4 Å². The van der Waals surface area contributed by atoms with E-state index in [-0.39, 0.29) is 17.6 Å². The third-order valence-electron chi connectivity index (χ3n) is 8.00. The van der Waals surface area contributed by atoms with Crippen molar-refractivity contribution in [3.05, 3.63) is 34.4 Å². The fraction of sp³-hybridized carbons (Fsp3) is 0.760. The van der Waals surface area contributed by atoms with Gasteiger partial charge in [-0.25, -0.2) is 8.78 Å². The number of unbranched alkanes of at least 4 members (excludes halogenated alkanes) is 1. The molecule has 4 rings (SSSR count). The van der Waals surface area contributed by atoms with E-state index in [2.05, 4.69) is 13.8 Å². The summed E-state index contributed by atoms with van der Waals surface area (Å²) in [5.74, 6) is 2.60. The van der Waals surface area contributed by atoms with Gasteiger partial charge in [0, 0.05) is 5.56 Å². The minimum atomic E-state index is -0.263. The van der Waals surface area contributed by atoms with Crippen LogP contribution in [0.2, 0.25) is 0 Å². The Balaban J connectivity index is 1.48. The topological polar surface area (TPSA) is 0 Å². The molecule has 2 saturated carbocycles. The third kappa shape index (κ3) is 3.96. The van der Waals surface area contributed by atoms with Gasteiger partial charge in [0.15, 0.2) is 0 Å². The van der Waals surface area contributed by atoms with E-state index in [9.17, 15) is 4.39 Å². The average molecular weight is 375 g/mol.